The van der Waals surface area contributed by atoms with Crippen LogP contribution in [0.1, 0.15) is 33.1 Å². The molecule has 0 bridgehead atoms. The van der Waals surface area contributed by atoms with Crippen LogP contribution >= 0.6 is 0 Å². The van der Waals surface area contributed by atoms with Gasteiger partial charge in [-0.15, -0.1) is 0 Å². The summed E-state index contributed by atoms with van der Waals surface area (Å²) in [5, 5.41) is 0. The van der Waals surface area contributed by atoms with Crippen LogP contribution in [0.5, 0.6) is 0 Å². The van der Waals surface area contributed by atoms with Gasteiger partial charge >= 0.3 is 11.9 Å². The summed E-state index contributed by atoms with van der Waals surface area (Å²) >= 11 is 0. The van der Waals surface area contributed by atoms with E-state index in [9.17, 15) is 9.59 Å². The lowest BCUT2D eigenvalue weighted by Gasteiger charge is -2.30. The minimum atomic E-state index is -0.390. The van der Waals surface area contributed by atoms with Crippen molar-refractivity contribution in [2.75, 3.05) is 6.61 Å². The fraction of sp³-hybridized carbons (Fsp3) is 0.667. The number of carbonyl (C=O) groups excluding carboxylic acids is 2. The highest BCUT2D eigenvalue weighted by molar-refractivity contribution is 5.90. The number of hydrogen-bond acceptors (Lipinski definition) is 4. The fourth-order valence-corrected chi connectivity index (χ4v) is 1.81. The molecular weight excluding hydrogens is 208 g/mol. The second kappa shape index (κ2) is 5.68. The quantitative estimate of drug-likeness (QED) is 0.542. The van der Waals surface area contributed by atoms with Gasteiger partial charge in [0, 0.05) is 5.57 Å². The molecule has 4 nitrogen and oxygen atoms in total. The molecule has 1 aliphatic rings. The standard InChI is InChI=1S/C12H18O4/c1-4-6-10-9(12(14)15-5-2)7-8(3)11(13)16-10/h9-10H,3-7H2,1-2H3. The monoisotopic (exact) mass is 226 g/mol. The molecule has 1 heterocycles. The summed E-state index contributed by atoms with van der Waals surface area (Å²) in [7, 11) is 0. The number of esters is 2. The molecule has 1 rings (SSSR count). The summed E-state index contributed by atoms with van der Waals surface area (Å²) in [5.41, 5.74) is 0.352. The van der Waals surface area contributed by atoms with Crippen molar-refractivity contribution in [2.24, 2.45) is 5.92 Å². The van der Waals surface area contributed by atoms with Crippen LogP contribution in [0.25, 0.3) is 0 Å². The largest absolute Gasteiger partial charge is 0.466 e. The maximum Gasteiger partial charge on any atom is 0.333 e. The molecule has 2 atom stereocenters. The number of carbonyl (C=O) groups is 2. The van der Waals surface area contributed by atoms with Crippen molar-refractivity contribution in [3.05, 3.63) is 12.2 Å². The van der Waals surface area contributed by atoms with E-state index in [4.69, 9.17) is 9.47 Å². The van der Waals surface area contributed by atoms with Crippen LogP contribution in [0, 0.1) is 5.92 Å². The molecule has 1 aliphatic heterocycles. The molecule has 0 radical (unpaired) electrons. The van der Waals surface area contributed by atoms with E-state index < -0.39 is 0 Å². The Kier molecular flexibility index (Phi) is 4.52. The molecule has 0 spiro atoms. The molecule has 2 unspecified atom stereocenters. The summed E-state index contributed by atoms with van der Waals surface area (Å²) < 4.78 is 10.1. The number of hydrogen-bond donors (Lipinski definition) is 0. The van der Waals surface area contributed by atoms with Crippen molar-refractivity contribution in [2.45, 2.75) is 39.2 Å². The summed E-state index contributed by atoms with van der Waals surface area (Å²) in [6, 6.07) is 0. The Bertz CT molecular complexity index is 295. The second-order valence-corrected chi connectivity index (χ2v) is 3.90. The zero-order chi connectivity index (χ0) is 12.1. The van der Waals surface area contributed by atoms with Gasteiger partial charge in [-0.05, 0) is 19.8 Å². The SMILES string of the molecule is C=C1CC(C(=O)OCC)C(CCC)OC1=O. The summed E-state index contributed by atoms with van der Waals surface area (Å²) in [4.78, 5) is 23.0. The predicted octanol–water partition coefficient (Wildman–Crippen LogP) is 1.84. The van der Waals surface area contributed by atoms with Crippen LogP contribution in [0.2, 0.25) is 0 Å². The summed E-state index contributed by atoms with van der Waals surface area (Å²) in [6.45, 7) is 7.69. The molecule has 16 heavy (non-hydrogen) atoms. The molecule has 0 N–H and O–H groups in total. The maximum absolute atomic E-state index is 11.7. The third-order valence-corrected chi connectivity index (χ3v) is 2.62. The molecule has 0 aromatic heterocycles. The van der Waals surface area contributed by atoms with Gasteiger partial charge < -0.3 is 9.47 Å². The summed E-state index contributed by atoms with van der Waals surface area (Å²) in [6.07, 6.45) is 1.53. The number of rotatable bonds is 4. The van der Waals surface area contributed by atoms with Crippen molar-refractivity contribution in [3.8, 4) is 0 Å². The molecule has 0 aromatic rings. The zero-order valence-corrected chi connectivity index (χ0v) is 9.82. The van der Waals surface area contributed by atoms with E-state index in [1.807, 2.05) is 6.92 Å². The molecular formula is C12H18O4. The van der Waals surface area contributed by atoms with Crippen LogP contribution in [0.15, 0.2) is 12.2 Å². The molecule has 1 fully saturated rings. The Morgan fingerprint density at radius 3 is 2.81 bits per heavy atom. The zero-order valence-electron chi connectivity index (χ0n) is 9.82. The maximum atomic E-state index is 11.7. The minimum Gasteiger partial charge on any atom is -0.466 e. The van der Waals surface area contributed by atoms with E-state index in [-0.39, 0.29) is 24.0 Å². The van der Waals surface area contributed by atoms with Gasteiger partial charge in [-0.25, -0.2) is 4.79 Å². The highest BCUT2D eigenvalue weighted by Gasteiger charge is 2.38. The molecule has 0 saturated carbocycles. The van der Waals surface area contributed by atoms with Crippen molar-refractivity contribution in [3.63, 3.8) is 0 Å². The van der Waals surface area contributed by atoms with Gasteiger partial charge in [0.1, 0.15) is 6.10 Å². The number of cyclic esters (lactones) is 1. The Balaban J connectivity index is 2.73. The van der Waals surface area contributed by atoms with Gasteiger partial charge in [-0.3, -0.25) is 4.79 Å². The number of ether oxygens (including phenoxy) is 2. The smallest absolute Gasteiger partial charge is 0.333 e. The lowest BCUT2D eigenvalue weighted by Crippen LogP contribution is -2.39. The van der Waals surface area contributed by atoms with Crippen molar-refractivity contribution in [1.82, 2.24) is 0 Å². The molecule has 0 aromatic carbocycles. The van der Waals surface area contributed by atoms with Gasteiger partial charge in [0.25, 0.3) is 0 Å². The Hall–Kier alpha value is -1.32. The van der Waals surface area contributed by atoms with Gasteiger partial charge in [0.05, 0.1) is 12.5 Å². The highest BCUT2D eigenvalue weighted by atomic mass is 16.6. The van der Waals surface area contributed by atoms with Gasteiger partial charge in [0.2, 0.25) is 0 Å². The van der Waals surface area contributed by atoms with Crippen LogP contribution in [0.3, 0.4) is 0 Å². The first kappa shape index (κ1) is 12.7. The lowest BCUT2D eigenvalue weighted by molar-refractivity contribution is -0.164. The predicted molar refractivity (Wildman–Crippen MR) is 58.7 cm³/mol. The molecule has 90 valence electrons. The lowest BCUT2D eigenvalue weighted by atomic mass is 9.89. The van der Waals surface area contributed by atoms with E-state index in [0.717, 1.165) is 6.42 Å². The van der Waals surface area contributed by atoms with Crippen LogP contribution in [-0.2, 0) is 19.1 Å². The topological polar surface area (TPSA) is 52.6 Å². The van der Waals surface area contributed by atoms with E-state index in [1.54, 1.807) is 6.92 Å². The Labute approximate surface area is 95.6 Å². The van der Waals surface area contributed by atoms with Crippen molar-refractivity contribution < 1.29 is 19.1 Å². The van der Waals surface area contributed by atoms with E-state index in [2.05, 4.69) is 6.58 Å². The first-order chi connectivity index (χ1) is 7.60. The van der Waals surface area contributed by atoms with Gasteiger partial charge in [-0.1, -0.05) is 19.9 Å². The fourth-order valence-electron chi connectivity index (χ4n) is 1.81. The van der Waals surface area contributed by atoms with Gasteiger partial charge in [-0.2, -0.15) is 0 Å². The third-order valence-electron chi connectivity index (χ3n) is 2.62. The van der Waals surface area contributed by atoms with E-state index in [1.165, 1.54) is 0 Å². The molecule has 0 amide bonds. The third kappa shape index (κ3) is 2.84. The molecule has 0 aliphatic carbocycles. The van der Waals surface area contributed by atoms with Gasteiger partial charge in [0.15, 0.2) is 0 Å². The Morgan fingerprint density at radius 1 is 1.56 bits per heavy atom. The highest BCUT2D eigenvalue weighted by Crippen LogP contribution is 2.28. The van der Waals surface area contributed by atoms with E-state index >= 15 is 0 Å². The van der Waals surface area contributed by atoms with E-state index in [0.29, 0.717) is 25.0 Å². The van der Waals surface area contributed by atoms with Crippen molar-refractivity contribution in [1.29, 1.82) is 0 Å². The minimum absolute atomic E-state index is 0.297. The molecule has 1 saturated heterocycles. The summed E-state index contributed by atoms with van der Waals surface area (Å²) in [5.74, 6) is -1.07. The first-order valence-corrected chi connectivity index (χ1v) is 5.65. The first-order valence-electron chi connectivity index (χ1n) is 5.65. The molecule has 4 heteroatoms. The van der Waals surface area contributed by atoms with Crippen molar-refractivity contribution >= 4 is 11.9 Å². The normalized spacial score (nSPS) is 25.1. The Morgan fingerprint density at radius 2 is 2.25 bits per heavy atom. The second-order valence-electron chi connectivity index (χ2n) is 3.90. The van der Waals surface area contributed by atoms with Crippen LogP contribution in [0.4, 0.5) is 0 Å². The van der Waals surface area contributed by atoms with Crippen LogP contribution in [-0.4, -0.2) is 24.6 Å². The average molecular weight is 226 g/mol. The van der Waals surface area contributed by atoms with Crippen LogP contribution < -0.4 is 0 Å². The average Bonchev–Trinajstić information content (AvgIpc) is 2.23.